The van der Waals surface area contributed by atoms with Crippen LogP contribution < -0.4 is 11.2 Å². The first-order valence-electron chi connectivity index (χ1n) is 4.99. The summed E-state index contributed by atoms with van der Waals surface area (Å²) in [6.07, 6.45) is 0.787. The van der Waals surface area contributed by atoms with Gasteiger partial charge in [-0.05, 0) is 6.42 Å². The number of ether oxygens (including phenoxy) is 1. The van der Waals surface area contributed by atoms with Gasteiger partial charge in [0.1, 0.15) is 11.6 Å². The maximum Gasteiger partial charge on any atom is 0.328 e. The van der Waals surface area contributed by atoms with Gasteiger partial charge in [0.05, 0.1) is 12.7 Å². The van der Waals surface area contributed by atoms with E-state index >= 15 is 0 Å². The van der Waals surface area contributed by atoms with Crippen molar-refractivity contribution in [2.45, 2.75) is 19.1 Å². The second-order valence-electron chi connectivity index (χ2n) is 3.51. The maximum atomic E-state index is 11.4. The van der Waals surface area contributed by atoms with Crippen molar-refractivity contribution < 1.29 is 9.84 Å². The van der Waals surface area contributed by atoms with Crippen molar-refractivity contribution in [3.05, 3.63) is 32.6 Å². The number of nitrogens with zero attached hydrogens (tertiary/aromatic N) is 2. The number of aromatic amines is 1. The SMILES string of the molecule is COCC(O)CCn1cc(C#N)c(=O)[nH]c1=O. The largest absolute Gasteiger partial charge is 0.391 e. The molecule has 0 bridgehead atoms. The average Bonchev–Trinajstić information content (AvgIpc) is 2.28. The van der Waals surface area contributed by atoms with E-state index in [0.29, 0.717) is 6.42 Å². The Morgan fingerprint density at radius 2 is 2.35 bits per heavy atom. The number of aryl methyl sites for hydroxylation is 1. The summed E-state index contributed by atoms with van der Waals surface area (Å²) in [5.41, 5.74) is -1.43. The van der Waals surface area contributed by atoms with E-state index in [-0.39, 0.29) is 18.7 Å². The Kier molecular flexibility index (Phi) is 4.63. The molecule has 2 N–H and O–H groups in total. The number of hydrogen-bond acceptors (Lipinski definition) is 5. The quantitative estimate of drug-likeness (QED) is 0.671. The van der Waals surface area contributed by atoms with Gasteiger partial charge in [0.25, 0.3) is 5.56 Å². The first-order chi connectivity index (χ1) is 8.08. The van der Waals surface area contributed by atoms with Crippen molar-refractivity contribution in [3.8, 4) is 6.07 Å². The van der Waals surface area contributed by atoms with Gasteiger partial charge in [0.2, 0.25) is 0 Å². The van der Waals surface area contributed by atoms with Crippen LogP contribution in [0.25, 0.3) is 0 Å². The number of rotatable bonds is 5. The number of methoxy groups -OCH3 is 1. The van der Waals surface area contributed by atoms with Gasteiger partial charge in [0, 0.05) is 19.9 Å². The number of nitrogens with one attached hydrogen (secondary N) is 1. The van der Waals surface area contributed by atoms with E-state index in [1.807, 2.05) is 4.98 Å². The molecule has 0 radical (unpaired) electrons. The zero-order valence-corrected chi connectivity index (χ0v) is 9.34. The highest BCUT2D eigenvalue weighted by atomic mass is 16.5. The number of hydrogen-bond donors (Lipinski definition) is 2. The molecule has 0 saturated carbocycles. The Morgan fingerprint density at radius 1 is 1.65 bits per heavy atom. The minimum absolute atomic E-state index is 0.133. The molecule has 0 aliphatic rings. The molecule has 0 fully saturated rings. The van der Waals surface area contributed by atoms with Gasteiger partial charge < -0.3 is 9.84 Å². The second kappa shape index (κ2) is 5.98. The number of aliphatic hydroxyl groups is 1. The Hall–Kier alpha value is -1.91. The van der Waals surface area contributed by atoms with Crippen molar-refractivity contribution in [2.75, 3.05) is 13.7 Å². The summed E-state index contributed by atoms with van der Waals surface area (Å²) in [6.45, 7) is 0.373. The van der Waals surface area contributed by atoms with Crippen molar-refractivity contribution >= 4 is 0 Å². The van der Waals surface area contributed by atoms with Gasteiger partial charge in [-0.25, -0.2) is 4.79 Å². The molecule has 0 amide bonds. The van der Waals surface area contributed by atoms with Gasteiger partial charge in [-0.2, -0.15) is 5.26 Å². The van der Waals surface area contributed by atoms with E-state index in [1.54, 1.807) is 6.07 Å². The molecular formula is C10H13N3O4. The van der Waals surface area contributed by atoms with E-state index in [4.69, 9.17) is 10.00 Å². The first-order valence-corrected chi connectivity index (χ1v) is 4.99. The molecule has 7 heteroatoms. The third-order valence-corrected chi connectivity index (χ3v) is 2.19. The zero-order valence-electron chi connectivity index (χ0n) is 9.34. The summed E-state index contributed by atoms with van der Waals surface area (Å²) in [5.74, 6) is 0. The van der Waals surface area contributed by atoms with Crippen molar-refractivity contribution in [1.82, 2.24) is 9.55 Å². The van der Waals surface area contributed by atoms with Gasteiger partial charge in [-0.3, -0.25) is 14.3 Å². The molecule has 1 rings (SSSR count). The van der Waals surface area contributed by atoms with Crippen LogP contribution in [0.4, 0.5) is 0 Å². The van der Waals surface area contributed by atoms with E-state index in [9.17, 15) is 14.7 Å². The molecule has 0 aliphatic carbocycles. The van der Waals surface area contributed by atoms with Crippen molar-refractivity contribution in [1.29, 1.82) is 5.26 Å². The van der Waals surface area contributed by atoms with Crippen molar-refractivity contribution in [3.63, 3.8) is 0 Å². The van der Waals surface area contributed by atoms with Crippen LogP contribution in [0, 0.1) is 11.3 Å². The Bertz CT molecular complexity index is 526. The molecular weight excluding hydrogens is 226 g/mol. The summed E-state index contributed by atoms with van der Waals surface area (Å²) in [4.78, 5) is 24.5. The Balaban J connectivity index is 2.82. The highest BCUT2D eigenvalue weighted by molar-refractivity contribution is 5.21. The molecule has 1 aromatic rings. The molecule has 1 atom stereocenters. The molecule has 1 aromatic heterocycles. The van der Waals surface area contributed by atoms with Gasteiger partial charge >= 0.3 is 5.69 Å². The van der Waals surface area contributed by atoms with Crippen LogP contribution in [0.5, 0.6) is 0 Å². The smallest absolute Gasteiger partial charge is 0.328 e. The van der Waals surface area contributed by atoms with Gasteiger partial charge in [-0.1, -0.05) is 0 Å². The summed E-state index contributed by atoms with van der Waals surface area (Å²) >= 11 is 0. The van der Waals surface area contributed by atoms with Crippen LogP contribution in [-0.2, 0) is 11.3 Å². The minimum Gasteiger partial charge on any atom is -0.391 e. The minimum atomic E-state index is -0.703. The highest BCUT2D eigenvalue weighted by Crippen LogP contribution is 1.95. The third kappa shape index (κ3) is 3.55. The summed E-state index contributed by atoms with van der Waals surface area (Å²) < 4.78 is 5.92. The lowest BCUT2D eigenvalue weighted by atomic mass is 10.2. The molecule has 1 heterocycles. The lowest BCUT2D eigenvalue weighted by Crippen LogP contribution is -2.32. The standard InChI is InChI=1S/C10H13N3O4/c1-17-6-8(14)2-3-13-5-7(4-11)9(15)12-10(13)16/h5,8,14H,2-3,6H2,1H3,(H,12,15,16). The molecule has 17 heavy (non-hydrogen) atoms. The van der Waals surface area contributed by atoms with Crippen LogP contribution in [0.3, 0.4) is 0 Å². The molecule has 0 aromatic carbocycles. The van der Waals surface area contributed by atoms with Crippen molar-refractivity contribution in [2.24, 2.45) is 0 Å². The zero-order chi connectivity index (χ0) is 12.8. The fourth-order valence-corrected chi connectivity index (χ4v) is 1.32. The molecule has 0 saturated heterocycles. The van der Waals surface area contributed by atoms with Gasteiger partial charge in [0.15, 0.2) is 0 Å². The third-order valence-electron chi connectivity index (χ3n) is 2.19. The Labute approximate surface area is 96.9 Å². The van der Waals surface area contributed by atoms with Crippen LogP contribution in [0.1, 0.15) is 12.0 Å². The predicted octanol–water partition coefficient (Wildman–Crippen LogP) is -1.19. The predicted molar refractivity (Wildman–Crippen MR) is 58.5 cm³/mol. The highest BCUT2D eigenvalue weighted by Gasteiger charge is 2.07. The van der Waals surface area contributed by atoms with Crippen LogP contribution in [-0.4, -0.2) is 34.5 Å². The van der Waals surface area contributed by atoms with E-state index in [1.165, 1.54) is 17.9 Å². The lowest BCUT2D eigenvalue weighted by Gasteiger charge is -2.10. The lowest BCUT2D eigenvalue weighted by molar-refractivity contribution is 0.0562. The number of aliphatic hydroxyl groups excluding tert-OH is 1. The summed E-state index contributed by atoms with van der Waals surface area (Å²) in [7, 11) is 1.46. The fraction of sp³-hybridized carbons (Fsp3) is 0.500. The average molecular weight is 239 g/mol. The van der Waals surface area contributed by atoms with Crippen LogP contribution in [0.2, 0.25) is 0 Å². The number of aromatic nitrogens is 2. The normalized spacial score (nSPS) is 12.1. The number of H-pyrrole nitrogens is 1. The Morgan fingerprint density at radius 3 is 2.94 bits per heavy atom. The fourth-order valence-electron chi connectivity index (χ4n) is 1.32. The van der Waals surface area contributed by atoms with E-state index in [0.717, 1.165) is 0 Å². The second-order valence-corrected chi connectivity index (χ2v) is 3.51. The first kappa shape index (κ1) is 13.2. The molecule has 0 aliphatic heterocycles. The maximum absolute atomic E-state index is 11.4. The molecule has 0 spiro atoms. The topological polar surface area (TPSA) is 108 Å². The molecule has 7 nitrogen and oxygen atoms in total. The summed E-state index contributed by atoms with van der Waals surface area (Å²) in [6, 6.07) is 1.68. The van der Waals surface area contributed by atoms with E-state index in [2.05, 4.69) is 0 Å². The molecule has 1 unspecified atom stereocenters. The summed E-state index contributed by atoms with van der Waals surface area (Å²) in [5, 5.41) is 18.0. The monoisotopic (exact) mass is 239 g/mol. The van der Waals surface area contributed by atoms with Gasteiger partial charge in [-0.15, -0.1) is 0 Å². The number of nitriles is 1. The molecule has 92 valence electrons. The van der Waals surface area contributed by atoms with E-state index < -0.39 is 17.4 Å². The van der Waals surface area contributed by atoms with Crippen LogP contribution >= 0.6 is 0 Å². The van der Waals surface area contributed by atoms with Crippen LogP contribution in [0.15, 0.2) is 15.8 Å².